The Balaban J connectivity index is 1.83. The van der Waals surface area contributed by atoms with Crippen molar-refractivity contribution in [3.05, 3.63) is 53.3 Å². The van der Waals surface area contributed by atoms with Gasteiger partial charge in [0.15, 0.2) is 0 Å². The van der Waals surface area contributed by atoms with Crippen LogP contribution in [0.5, 0.6) is 0 Å². The summed E-state index contributed by atoms with van der Waals surface area (Å²) in [6.45, 7) is 3.17. The van der Waals surface area contributed by atoms with E-state index in [0.717, 1.165) is 37.3 Å². The molecule has 1 aromatic carbocycles. The highest BCUT2D eigenvalue weighted by Crippen LogP contribution is 2.17. The highest BCUT2D eigenvalue weighted by atomic mass is 16.5. The lowest BCUT2D eigenvalue weighted by Crippen LogP contribution is -2.32. The van der Waals surface area contributed by atoms with Gasteiger partial charge < -0.3 is 4.74 Å². The zero-order valence-corrected chi connectivity index (χ0v) is 12.1. The van der Waals surface area contributed by atoms with Crippen molar-refractivity contribution in [1.29, 1.82) is 5.26 Å². The largest absolute Gasteiger partial charge is 0.378 e. The van der Waals surface area contributed by atoms with Gasteiger partial charge in [-0.1, -0.05) is 18.2 Å². The van der Waals surface area contributed by atoms with Crippen LogP contribution in [0.25, 0.3) is 0 Å². The fraction of sp³-hybridized carbons (Fsp3) is 0.375. The summed E-state index contributed by atoms with van der Waals surface area (Å²) >= 11 is 0. The smallest absolute Gasteiger partial charge is 0.0995 e. The minimum atomic E-state index is 0.111. The Morgan fingerprint density at radius 1 is 1.33 bits per heavy atom. The monoisotopic (exact) mass is 282 g/mol. The van der Waals surface area contributed by atoms with E-state index in [2.05, 4.69) is 16.1 Å². The number of ether oxygens (including phenoxy) is 1. The summed E-state index contributed by atoms with van der Waals surface area (Å²) < 4.78 is 7.56. The van der Waals surface area contributed by atoms with Gasteiger partial charge in [-0.3, -0.25) is 9.58 Å². The Morgan fingerprint density at radius 2 is 2.19 bits per heavy atom. The van der Waals surface area contributed by atoms with Gasteiger partial charge in [0.1, 0.15) is 0 Å². The second-order valence-corrected chi connectivity index (χ2v) is 5.30. The Bertz CT molecular complexity index is 658. The molecule has 0 aliphatic carbocycles. The Hall–Kier alpha value is -2.16. The van der Waals surface area contributed by atoms with Crippen molar-refractivity contribution >= 4 is 0 Å². The van der Waals surface area contributed by atoms with Gasteiger partial charge in [-0.15, -0.1) is 0 Å². The van der Waals surface area contributed by atoms with Gasteiger partial charge in [-0.05, 0) is 17.7 Å². The molecule has 0 radical (unpaired) electrons. The SMILES string of the molecule is COC1CN(Cc2ccccc2C#N)Cc2ccnn2C1. The Morgan fingerprint density at radius 3 is 3.00 bits per heavy atom. The minimum Gasteiger partial charge on any atom is -0.378 e. The maximum Gasteiger partial charge on any atom is 0.0995 e. The number of methoxy groups -OCH3 is 1. The average molecular weight is 282 g/mol. The molecule has 1 aliphatic rings. The summed E-state index contributed by atoms with van der Waals surface area (Å²) in [5.41, 5.74) is 2.98. The van der Waals surface area contributed by atoms with Crippen molar-refractivity contribution in [2.45, 2.75) is 25.7 Å². The van der Waals surface area contributed by atoms with Crippen molar-refractivity contribution < 1.29 is 4.74 Å². The molecule has 108 valence electrons. The molecule has 0 N–H and O–H groups in total. The van der Waals surface area contributed by atoms with Gasteiger partial charge in [0, 0.05) is 32.9 Å². The van der Waals surface area contributed by atoms with E-state index in [-0.39, 0.29) is 6.10 Å². The molecule has 1 atom stereocenters. The van der Waals surface area contributed by atoms with Gasteiger partial charge in [-0.25, -0.2) is 0 Å². The molecule has 0 spiro atoms. The molecule has 2 heterocycles. The third-order valence-corrected chi connectivity index (χ3v) is 3.89. The second-order valence-electron chi connectivity index (χ2n) is 5.30. The summed E-state index contributed by atoms with van der Waals surface area (Å²) in [5, 5.41) is 13.6. The van der Waals surface area contributed by atoms with Crippen molar-refractivity contribution in [3.63, 3.8) is 0 Å². The number of aromatic nitrogens is 2. The van der Waals surface area contributed by atoms with E-state index in [1.165, 1.54) is 5.69 Å². The molecular weight excluding hydrogens is 264 g/mol. The van der Waals surface area contributed by atoms with E-state index >= 15 is 0 Å². The lowest BCUT2D eigenvalue weighted by atomic mass is 10.1. The number of benzene rings is 1. The molecule has 2 aromatic rings. The zero-order chi connectivity index (χ0) is 14.7. The first-order valence-corrected chi connectivity index (χ1v) is 7.04. The first-order valence-electron chi connectivity index (χ1n) is 7.04. The van der Waals surface area contributed by atoms with E-state index in [4.69, 9.17) is 4.74 Å². The molecule has 21 heavy (non-hydrogen) atoms. The third kappa shape index (κ3) is 2.97. The molecule has 0 saturated carbocycles. The number of fused-ring (bicyclic) bond motifs is 1. The summed E-state index contributed by atoms with van der Waals surface area (Å²) in [6.07, 6.45) is 1.94. The van der Waals surface area contributed by atoms with Crippen molar-refractivity contribution in [2.75, 3.05) is 13.7 Å². The molecule has 0 fully saturated rings. The van der Waals surface area contributed by atoms with Gasteiger partial charge >= 0.3 is 0 Å². The lowest BCUT2D eigenvalue weighted by molar-refractivity contribution is 0.0547. The van der Waals surface area contributed by atoms with Gasteiger partial charge in [-0.2, -0.15) is 10.4 Å². The molecule has 0 saturated heterocycles. The Kier molecular flexibility index (Phi) is 4.00. The van der Waals surface area contributed by atoms with Crippen molar-refractivity contribution in [1.82, 2.24) is 14.7 Å². The van der Waals surface area contributed by atoms with E-state index < -0.39 is 0 Å². The van der Waals surface area contributed by atoms with E-state index in [1.54, 1.807) is 7.11 Å². The summed E-state index contributed by atoms with van der Waals surface area (Å²) in [5.74, 6) is 0. The molecule has 0 amide bonds. The normalized spacial score (nSPS) is 18.8. The standard InChI is InChI=1S/C16H18N4O/c1-21-16-11-19(10-15-6-7-18-20(15)12-16)9-14-5-3-2-4-13(14)8-17/h2-7,16H,9-12H2,1H3. The highest BCUT2D eigenvalue weighted by molar-refractivity contribution is 5.37. The van der Waals surface area contributed by atoms with Crippen molar-refractivity contribution in [2.24, 2.45) is 0 Å². The average Bonchev–Trinajstić information content (AvgIpc) is 2.86. The van der Waals surface area contributed by atoms with Crippen LogP contribution in [0.3, 0.4) is 0 Å². The second kappa shape index (κ2) is 6.08. The zero-order valence-electron chi connectivity index (χ0n) is 12.1. The van der Waals surface area contributed by atoms with Crippen LogP contribution in [0.1, 0.15) is 16.8 Å². The molecule has 0 bridgehead atoms. The predicted molar refractivity (Wildman–Crippen MR) is 78.3 cm³/mol. The number of hydrogen-bond donors (Lipinski definition) is 0. The van der Waals surface area contributed by atoms with Crippen LogP contribution in [-0.2, 0) is 24.4 Å². The van der Waals surface area contributed by atoms with Crippen LogP contribution in [-0.4, -0.2) is 34.4 Å². The molecule has 5 heteroatoms. The summed E-state index contributed by atoms with van der Waals surface area (Å²) in [6, 6.07) is 12.1. The molecule has 3 rings (SSSR count). The first-order chi connectivity index (χ1) is 10.3. The molecule has 1 unspecified atom stereocenters. The fourth-order valence-electron chi connectivity index (χ4n) is 2.77. The fourth-order valence-corrected chi connectivity index (χ4v) is 2.77. The van der Waals surface area contributed by atoms with Crippen LogP contribution in [0.2, 0.25) is 0 Å². The lowest BCUT2D eigenvalue weighted by Gasteiger charge is -2.23. The molecular formula is C16H18N4O. The van der Waals surface area contributed by atoms with Gasteiger partial charge in [0.05, 0.1) is 30.0 Å². The van der Waals surface area contributed by atoms with Gasteiger partial charge in [0.2, 0.25) is 0 Å². The van der Waals surface area contributed by atoms with E-state index in [1.807, 2.05) is 41.2 Å². The van der Waals surface area contributed by atoms with Crippen LogP contribution < -0.4 is 0 Å². The summed E-state index contributed by atoms with van der Waals surface area (Å²) in [7, 11) is 1.74. The number of nitrogens with zero attached hydrogens (tertiary/aromatic N) is 4. The van der Waals surface area contributed by atoms with E-state index in [9.17, 15) is 5.26 Å². The topological polar surface area (TPSA) is 54.1 Å². The minimum absolute atomic E-state index is 0.111. The summed E-state index contributed by atoms with van der Waals surface area (Å²) in [4.78, 5) is 2.31. The quantitative estimate of drug-likeness (QED) is 0.861. The van der Waals surface area contributed by atoms with Crippen LogP contribution in [0.15, 0.2) is 36.5 Å². The van der Waals surface area contributed by atoms with E-state index in [0.29, 0.717) is 0 Å². The van der Waals surface area contributed by atoms with Gasteiger partial charge in [0.25, 0.3) is 0 Å². The maximum atomic E-state index is 9.22. The predicted octanol–water partition coefficient (Wildman–Crippen LogP) is 1.79. The Labute approximate surface area is 124 Å². The number of nitriles is 1. The van der Waals surface area contributed by atoms with Crippen LogP contribution in [0.4, 0.5) is 0 Å². The first kappa shape index (κ1) is 13.8. The third-order valence-electron chi connectivity index (χ3n) is 3.89. The highest BCUT2D eigenvalue weighted by Gasteiger charge is 2.22. The van der Waals surface area contributed by atoms with Crippen LogP contribution in [0, 0.1) is 11.3 Å². The number of hydrogen-bond acceptors (Lipinski definition) is 4. The van der Waals surface area contributed by atoms with Crippen LogP contribution >= 0.6 is 0 Å². The maximum absolute atomic E-state index is 9.22. The molecule has 5 nitrogen and oxygen atoms in total. The molecule has 1 aliphatic heterocycles. The number of rotatable bonds is 3. The van der Waals surface area contributed by atoms with Crippen molar-refractivity contribution in [3.8, 4) is 6.07 Å². The molecule has 1 aromatic heterocycles.